The first-order chi connectivity index (χ1) is 16.0. The van der Waals surface area contributed by atoms with E-state index in [-0.39, 0.29) is 12.1 Å². The molecular weight excluding hydrogens is 410 g/mol. The molecule has 33 heavy (non-hydrogen) atoms. The summed E-state index contributed by atoms with van der Waals surface area (Å²) in [6, 6.07) is 19.6. The van der Waals surface area contributed by atoms with E-state index in [9.17, 15) is 4.79 Å². The molecule has 0 saturated carbocycles. The molecule has 6 heteroatoms. The van der Waals surface area contributed by atoms with E-state index in [0.29, 0.717) is 12.1 Å². The van der Waals surface area contributed by atoms with Gasteiger partial charge in [0.25, 0.3) is 0 Å². The summed E-state index contributed by atoms with van der Waals surface area (Å²) in [4.78, 5) is 19.8. The summed E-state index contributed by atoms with van der Waals surface area (Å²) in [6.45, 7) is 6.52. The molecule has 2 aliphatic rings. The van der Waals surface area contributed by atoms with E-state index in [0.717, 1.165) is 61.2 Å². The van der Waals surface area contributed by atoms with E-state index in [1.807, 2.05) is 24.3 Å². The minimum Gasteiger partial charge on any atom is -0.363 e. The molecule has 1 atom stereocenters. The highest BCUT2D eigenvalue weighted by Crippen LogP contribution is 2.33. The van der Waals surface area contributed by atoms with Crippen molar-refractivity contribution in [2.45, 2.75) is 57.7 Å². The number of carbonyl (C=O) groups is 1. The van der Waals surface area contributed by atoms with E-state index in [1.165, 1.54) is 11.1 Å². The topological polar surface area (TPSA) is 69.3 Å². The Bertz CT molecular complexity index is 1140. The average Bonchev–Trinajstić information content (AvgIpc) is 3.22. The number of piperidine rings is 1. The van der Waals surface area contributed by atoms with Gasteiger partial charge in [0.05, 0.1) is 11.6 Å². The average molecular weight is 444 g/mol. The van der Waals surface area contributed by atoms with Gasteiger partial charge in [-0.3, -0.25) is 0 Å². The molecule has 0 spiro atoms. The molecule has 5 rings (SSSR count). The van der Waals surface area contributed by atoms with E-state index >= 15 is 0 Å². The second kappa shape index (κ2) is 9.40. The molecule has 1 aliphatic carbocycles. The summed E-state index contributed by atoms with van der Waals surface area (Å²) >= 11 is 0. The van der Waals surface area contributed by atoms with Crippen LogP contribution in [0.3, 0.4) is 0 Å². The third-order valence-electron chi connectivity index (χ3n) is 7.00. The lowest BCUT2D eigenvalue weighted by Crippen LogP contribution is -2.47. The third-order valence-corrected chi connectivity index (χ3v) is 7.00. The van der Waals surface area contributed by atoms with Crippen LogP contribution in [0.1, 0.15) is 50.3 Å². The van der Waals surface area contributed by atoms with Crippen LogP contribution >= 0.6 is 0 Å². The van der Waals surface area contributed by atoms with E-state index in [2.05, 4.69) is 65.0 Å². The van der Waals surface area contributed by atoms with Gasteiger partial charge in [0, 0.05) is 36.2 Å². The molecule has 0 bridgehead atoms. The quantitative estimate of drug-likeness (QED) is 0.499. The number of aryl methyl sites for hydroxylation is 1. The van der Waals surface area contributed by atoms with Crippen molar-refractivity contribution in [1.82, 2.24) is 15.2 Å². The number of hydrogen-bond donors (Lipinski definition) is 3. The fourth-order valence-corrected chi connectivity index (χ4v) is 5.08. The first-order valence-corrected chi connectivity index (χ1v) is 12.1. The lowest BCUT2D eigenvalue weighted by atomic mass is 10.0. The number of fused-ring (bicyclic) bond motifs is 2. The number of hydrogen-bond acceptors (Lipinski definition) is 4. The highest BCUT2D eigenvalue weighted by atomic mass is 16.2. The molecule has 3 aromatic rings. The number of nitrogens with one attached hydrogen (secondary N) is 3. The largest absolute Gasteiger partial charge is 0.363 e. The lowest BCUT2D eigenvalue weighted by Gasteiger charge is -2.34. The number of carbonyl (C=O) groups excluding carboxylic acids is 1. The van der Waals surface area contributed by atoms with Gasteiger partial charge in [-0.2, -0.15) is 0 Å². The number of benzene rings is 2. The maximum atomic E-state index is 12.5. The fourth-order valence-electron chi connectivity index (χ4n) is 5.08. The normalized spacial score (nSPS) is 18.9. The van der Waals surface area contributed by atoms with Crippen LogP contribution < -0.4 is 16.0 Å². The van der Waals surface area contributed by atoms with Crippen LogP contribution in [0.5, 0.6) is 0 Å². The van der Waals surface area contributed by atoms with E-state index < -0.39 is 0 Å². The molecule has 1 aromatic heterocycles. The Hall–Kier alpha value is -3.12. The van der Waals surface area contributed by atoms with Crippen LogP contribution in [0.4, 0.5) is 16.3 Å². The Balaban J connectivity index is 1.19. The number of nitrogens with zero attached hydrogens (tertiary/aromatic N) is 2. The van der Waals surface area contributed by atoms with Gasteiger partial charge in [0.15, 0.2) is 0 Å². The Morgan fingerprint density at radius 1 is 1.03 bits per heavy atom. The number of anilines is 2. The molecule has 1 fully saturated rings. The maximum absolute atomic E-state index is 12.5. The first-order valence-electron chi connectivity index (χ1n) is 12.1. The second-order valence-electron chi connectivity index (χ2n) is 9.54. The summed E-state index contributed by atoms with van der Waals surface area (Å²) in [7, 11) is 0. The summed E-state index contributed by atoms with van der Waals surface area (Å²) in [5, 5.41) is 10.7. The van der Waals surface area contributed by atoms with Crippen molar-refractivity contribution in [2.24, 2.45) is 0 Å². The molecule has 1 aliphatic heterocycles. The van der Waals surface area contributed by atoms with Crippen molar-refractivity contribution in [3.8, 4) is 0 Å². The van der Waals surface area contributed by atoms with Crippen molar-refractivity contribution in [2.75, 3.05) is 23.7 Å². The van der Waals surface area contributed by atoms with Gasteiger partial charge in [-0.15, -0.1) is 0 Å². The van der Waals surface area contributed by atoms with Crippen LogP contribution in [0.25, 0.3) is 10.9 Å². The molecule has 0 radical (unpaired) electrons. The smallest absolute Gasteiger partial charge is 0.319 e. The summed E-state index contributed by atoms with van der Waals surface area (Å²) in [5.74, 6) is 0.885. The van der Waals surface area contributed by atoms with Gasteiger partial charge in [-0.25, -0.2) is 9.78 Å². The Morgan fingerprint density at radius 2 is 1.85 bits per heavy atom. The summed E-state index contributed by atoms with van der Waals surface area (Å²) in [5.41, 5.74) is 4.50. The lowest BCUT2D eigenvalue weighted by molar-refractivity contribution is 0.163. The SMILES string of the molecule is CC(C)N1CCC(NC(=O)Nc2ccc3nc(N[C@@H]4CCc5ccccc54)ccc3c2)CC1. The molecule has 0 unspecified atom stereocenters. The van der Waals surface area contributed by atoms with Gasteiger partial charge in [0.2, 0.25) is 0 Å². The number of urea groups is 1. The number of amides is 2. The Kier molecular flexibility index (Phi) is 6.18. The van der Waals surface area contributed by atoms with Crippen molar-refractivity contribution in [1.29, 1.82) is 0 Å². The predicted molar refractivity (Wildman–Crippen MR) is 135 cm³/mol. The zero-order chi connectivity index (χ0) is 22.8. The molecular formula is C27H33N5O. The van der Waals surface area contributed by atoms with Crippen LogP contribution in [-0.2, 0) is 6.42 Å². The first kappa shape index (κ1) is 21.7. The number of pyridine rings is 1. The predicted octanol–water partition coefficient (Wildman–Crippen LogP) is 5.33. The standard InChI is InChI=1S/C27H33N5O/c1-18(2)32-15-13-21(14-16-32)28-27(33)29-22-9-11-24-20(17-22)8-12-26(30-24)31-25-10-7-19-5-3-4-6-23(19)25/h3-6,8-9,11-12,17-18,21,25H,7,10,13-16H2,1-2H3,(H,30,31)(H2,28,29,33)/t25-/m1/s1. The zero-order valence-corrected chi connectivity index (χ0v) is 19.5. The number of aromatic nitrogens is 1. The number of rotatable bonds is 5. The Morgan fingerprint density at radius 3 is 2.67 bits per heavy atom. The van der Waals surface area contributed by atoms with E-state index in [1.54, 1.807) is 0 Å². The molecule has 3 N–H and O–H groups in total. The van der Waals surface area contributed by atoms with E-state index in [4.69, 9.17) is 4.98 Å². The minimum absolute atomic E-state index is 0.136. The van der Waals surface area contributed by atoms with Crippen molar-refractivity contribution >= 4 is 28.4 Å². The van der Waals surface area contributed by atoms with Crippen LogP contribution in [0.2, 0.25) is 0 Å². The zero-order valence-electron chi connectivity index (χ0n) is 19.5. The third kappa shape index (κ3) is 4.96. The number of likely N-dealkylation sites (tertiary alicyclic amines) is 1. The highest BCUT2D eigenvalue weighted by Gasteiger charge is 2.23. The molecule has 2 aromatic carbocycles. The molecule has 1 saturated heterocycles. The molecule has 2 amide bonds. The Labute approximate surface area is 195 Å². The summed E-state index contributed by atoms with van der Waals surface area (Å²) < 4.78 is 0. The molecule has 172 valence electrons. The fraction of sp³-hybridized carbons (Fsp3) is 0.407. The van der Waals surface area contributed by atoms with Crippen LogP contribution in [0.15, 0.2) is 54.6 Å². The van der Waals surface area contributed by atoms with Gasteiger partial charge in [-0.05, 0) is 81.0 Å². The van der Waals surface area contributed by atoms with Crippen LogP contribution in [0, 0.1) is 0 Å². The van der Waals surface area contributed by atoms with Gasteiger partial charge in [0.1, 0.15) is 5.82 Å². The molecule has 2 heterocycles. The monoisotopic (exact) mass is 443 g/mol. The van der Waals surface area contributed by atoms with Gasteiger partial charge < -0.3 is 20.9 Å². The minimum atomic E-state index is -0.136. The second-order valence-corrected chi connectivity index (χ2v) is 9.54. The van der Waals surface area contributed by atoms with Crippen molar-refractivity contribution in [3.63, 3.8) is 0 Å². The van der Waals surface area contributed by atoms with Crippen molar-refractivity contribution in [3.05, 3.63) is 65.7 Å². The summed E-state index contributed by atoms with van der Waals surface area (Å²) in [6.07, 6.45) is 4.19. The molecule has 6 nitrogen and oxygen atoms in total. The van der Waals surface area contributed by atoms with Crippen LogP contribution in [-0.4, -0.2) is 41.1 Å². The van der Waals surface area contributed by atoms with Gasteiger partial charge in [-0.1, -0.05) is 24.3 Å². The van der Waals surface area contributed by atoms with Gasteiger partial charge >= 0.3 is 6.03 Å². The maximum Gasteiger partial charge on any atom is 0.319 e. The van der Waals surface area contributed by atoms with Crippen molar-refractivity contribution < 1.29 is 4.79 Å². The highest BCUT2D eigenvalue weighted by molar-refractivity contribution is 5.93.